The van der Waals surface area contributed by atoms with E-state index in [1.165, 1.54) is 12.1 Å². The van der Waals surface area contributed by atoms with E-state index in [0.29, 0.717) is 30.1 Å². The molecule has 0 spiro atoms. The van der Waals surface area contributed by atoms with Crippen molar-refractivity contribution in [2.45, 2.75) is 30.2 Å². The second-order valence-electron chi connectivity index (χ2n) is 6.35. The number of benzene rings is 2. The van der Waals surface area contributed by atoms with Crippen molar-refractivity contribution < 1.29 is 27.9 Å². The molecule has 28 heavy (non-hydrogen) atoms. The number of nitrogens with one attached hydrogen (secondary N) is 1. The molecule has 1 aliphatic heterocycles. The Kier molecular flexibility index (Phi) is 6.18. The molecule has 0 bridgehead atoms. The van der Waals surface area contributed by atoms with E-state index in [1.807, 2.05) is 0 Å². The first kappa shape index (κ1) is 20.1. The van der Waals surface area contributed by atoms with Crippen LogP contribution in [0.3, 0.4) is 0 Å². The quantitative estimate of drug-likeness (QED) is 0.564. The summed E-state index contributed by atoms with van der Waals surface area (Å²) in [5.41, 5.74) is 1.56. The highest BCUT2D eigenvalue weighted by atomic mass is 32.2. The SMILES string of the molecule is COc1ccc(Oc2ccc(S(=O)(=O)N3CCCC[C@@H]3C(=O)NO)cc2)cc1. The molecular weight excluding hydrogens is 384 g/mol. The number of nitrogens with zero attached hydrogens (tertiary/aromatic N) is 1. The number of ether oxygens (including phenoxy) is 2. The van der Waals surface area contributed by atoms with Crippen LogP contribution in [0.2, 0.25) is 0 Å². The van der Waals surface area contributed by atoms with Gasteiger partial charge in [0.05, 0.1) is 12.0 Å². The fourth-order valence-corrected chi connectivity index (χ4v) is 4.78. The Morgan fingerprint density at radius 3 is 2.18 bits per heavy atom. The van der Waals surface area contributed by atoms with Crippen LogP contribution in [0.5, 0.6) is 17.2 Å². The highest BCUT2D eigenvalue weighted by Gasteiger charge is 2.37. The van der Waals surface area contributed by atoms with Crippen molar-refractivity contribution in [2.75, 3.05) is 13.7 Å². The summed E-state index contributed by atoms with van der Waals surface area (Å²) in [6.07, 6.45) is 1.75. The van der Waals surface area contributed by atoms with Gasteiger partial charge in [-0.25, -0.2) is 13.9 Å². The molecule has 2 aromatic rings. The van der Waals surface area contributed by atoms with Crippen molar-refractivity contribution in [3.8, 4) is 17.2 Å². The van der Waals surface area contributed by atoms with Crippen LogP contribution in [0.4, 0.5) is 0 Å². The lowest BCUT2D eigenvalue weighted by molar-refractivity contribution is -0.134. The minimum atomic E-state index is -3.88. The molecular formula is C19H22N2O6S. The van der Waals surface area contributed by atoms with Gasteiger partial charge in [0.25, 0.3) is 5.91 Å². The number of amides is 1. The van der Waals surface area contributed by atoms with Gasteiger partial charge >= 0.3 is 0 Å². The summed E-state index contributed by atoms with van der Waals surface area (Å²) in [6.45, 7) is 0.227. The maximum atomic E-state index is 13.0. The van der Waals surface area contributed by atoms with Crippen LogP contribution >= 0.6 is 0 Å². The smallest absolute Gasteiger partial charge is 0.261 e. The van der Waals surface area contributed by atoms with Gasteiger partial charge in [0.2, 0.25) is 10.0 Å². The zero-order chi connectivity index (χ0) is 20.1. The van der Waals surface area contributed by atoms with E-state index in [-0.39, 0.29) is 11.4 Å². The monoisotopic (exact) mass is 406 g/mol. The van der Waals surface area contributed by atoms with Crippen molar-refractivity contribution in [3.63, 3.8) is 0 Å². The maximum Gasteiger partial charge on any atom is 0.261 e. The second kappa shape index (κ2) is 8.59. The van der Waals surface area contributed by atoms with Crippen molar-refractivity contribution in [1.82, 2.24) is 9.79 Å². The van der Waals surface area contributed by atoms with Gasteiger partial charge in [-0.15, -0.1) is 0 Å². The number of hydrogen-bond acceptors (Lipinski definition) is 6. The zero-order valence-electron chi connectivity index (χ0n) is 15.4. The van der Waals surface area contributed by atoms with Gasteiger partial charge < -0.3 is 9.47 Å². The van der Waals surface area contributed by atoms with Crippen molar-refractivity contribution in [1.29, 1.82) is 0 Å². The highest BCUT2D eigenvalue weighted by molar-refractivity contribution is 7.89. The normalized spacial score (nSPS) is 17.7. The molecule has 0 aliphatic carbocycles. The number of methoxy groups -OCH3 is 1. The van der Waals surface area contributed by atoms with Crippen LogP contribution in [-0.2, 0) is 14.8 Å². The van der Waals surface area contributed by atoms with Crippen molar-refractivity contribution >= 4 is 15.9 Å². The minimum Gasteiger partial charge on any atom is -0.497 e. The molecule has 1 saturated heterocycles. The number of carbonyl (C=O) groups is 1. The second-order valence-corrected chi connectivity index (χ2v) is 8.24. The first-order valence-electron chi connectivity index (χ1n) is 8.83. The van der Waals surface area contributed by atoms with E-state index in [4.69, 9.17) is 14.7 Å². The van der Waals surface area contributed by atoms with Crippen LogP contribution in [-0.4, -0.2) is 43.5 Å². The highest BCUT2D eigenvalue weighted by Crippen LogP contribution is 2.28. The predicted octanol–water partition coefficient (Wildman–Crippen LogP) is 2.54. The van der Waals surface area contributed by atoms with Crippen LogP contribution in [0.25, 0.3) is 0 Å². The predicted molar refractivity (Wildman–Crippen MR) is 101 cm³/mol. The molecule has 1 amide bonds. The molecule has 3 rings (SSSR count). The summed E-state index contributed by atoms with van der Waals surface area (Å²) in [5.74, 6) is 1.05. The number of rotatable bonds is 6. The third kappa shape index (κ3) is 4.27. The molecule has 9 heteroatoms. The maximum absolute atomic E-state index is 13.0. The van der Waals surface area contributed by atoms with Gasteiger partial charge in [0.15, 0.2) is 0 Å². The molecule has 1 atom stereocenters. The molecule has 1 aliphatic rings. The summed E-state index contributed by atoms with van der Waals surface area (Å²) in [5, 5.41) is 8.91. The third-order valence-electron chi connectivity index (χ3n) is 4.59. The fourth-order valence-electron chi connectivity index (χ4n) is 3.12. The number of hydroxylamine groups is 1. The number of carbonyl (C=O) groups excluding carboxylic acids is 1. The Morgan fingerprint density at radius 1 is 1.04 bits per heavy atom. The number of hydrogen-bond donors (Lipinski definition) is 2. The van der Waals surface area contributed by atoms with E-state index in [9.17, 15) is 13.2 Å². The minimum absolute atomic E-state index is 0.0622. The molecule has 1 heterocycles. The van der Waals surface area contributed by atoms with Crippen LogP contribution < -0.4 is 15.0 Å². The zero-order valence-corrected chi connectivity index (χ0v) is 16.2. The summed E-state index contributed by atoms with van der Waals surface area (Å²) in [6, 6.07) is 12.1. The van der Waals surface area contributed by atoms with Gasteiger partial charge in [-0.3, -0.25) is 10.0 Å². The fraction of sp³-hybridized carbons (Fsp3) is 0.316. The van der Waals surface area contributed by atoms with E-state index in [2.05, 4.69) is 0 Å². The lowest BCUT2D eigenvalue weighted by Gasteiger charge is -2.33. The van der Waals surface area contributed by atoms with Crippen LogP contribution in [0.1, 0.15) is 19.3 Å². The average Bonchev–Trinajstić information content (AvgIpc) is 2.74. The van der Waals surface area contributed by atoms with E-state index in [1.54, 1.807) is 49.0 Å². The largest absolute Gasteiger partial charge is 0.497 e. The van der Waals surface area contributed by atoms with Gasteiger partial charge in [0.1, 0.15) is 23.3 Å². The first-order chi connectivity index (χ1) is 13.5. The Hall–Kier alpha value is -2.62. The van der Waals surface area contributed by atoms with Gasteiger partial charge in [-0.05, 0) is 61.4 Å². The summed E-state index contributed by atoms with van der Waals surface area (Å²) >= 11 is 0. The molecule has 150 valence electrons. The molecule has 0 radical (unpaired) electrons. The van der Waals surface area contributed by atoms with Crippen LogP contribution in [0, 0.1) is 0 Å². The lowest BCUT2D eigenvalue weighted by Crippen LogP contribution is -2.51. The third-order valence-corrected chi connectivity index (χ3v) is 6.51. The average molecular weight is 406 g/mol. The Labute approximate surface area is 163 Å². The first-order valence-corrected chi connectivity index (χ1v) is 10.3. The molecule has 0 saturated carbocycles. The van der Waals surface area contributed by atoms with Crippen molar-refractivity contribution in [3.05, 3.63) is 48.5 Å². The van der Waals surface area contributed by atoms with E-state index >= 15 is 0 Å². The lowest BCUT2D eigenvalue weighted by atomic mass is 10.0. The van der Waals surface area contributed by atoms with Crippen LogP contribution in [0.15, 0.2) is 53.4 Å². The number of sulfonamides is 1. The Morgan fingerprint density at radius 2 is 1.61 bits per heavy atom. The van der Waals surface area contributed by atoms with E-state index in [0.717, 1.165) is 10.7 Å². The molecule has 1 fully saturated rings. The molecule has 2 N–H and O–H groups in total. The Bertz CT molecular complexity index is 912. The van der Waals surface area contributed by atoms with Gasteiger partial charge in [-0.1, -0.05) is 6.42 Å². The molecule has 8 nitrogen and oxygen atoms in total. The summed E-state index contributed by atoms with van der Waals surface area (Å²) in [4.78, 5) is 11.9. The van der Waals surface area contributed by atoms with Gasteiger partial charge in [-0.2, -0.15) is 4.31 Å². The molecule has 2 aromatic carbocycles. The molecule has 0 aromatic heterocycles. The topological polar surface area (TPSA) is 105 Å². The summed E-state index contributed by atoms with van der Waals surface area (Å²) in [7, 11) is -2.30. The number of piperidine rings is 1. The molecule has 0 unspecified atom stereocenters. The standard InChI is InChI=1S/C19H22N2O6S/c1-26-14-5-7-15(8-6-14)27-16-9-11-17(12-10-16)28(24,25)21-13-3-2-4-18(21)19(22)20-23/h5-12,18,23H,2-4,13H2,1H3,(H,20,22)/t18-/m1/s1. The van der Waals surface area contributed by atoms with Crippen molar-refractivity contribution in [2.24, 2.45) is 0 Å². The Balaban J connectivity index is 1.78. The van der Waals surface area contributed by atoms with Gasteiger partial charge in [0, 0.05) is 6.54 Å². The van der Waals surface area contributed by atoms with E-state index < -0.39 is 22.0 Å². The summed E-state index contributed by atoms with van der Waals surface area (Å²) < 4.78 is 37.9.